The highest BCUT2D eigenvalue weighted by Crippen LogP contribution is 2.45. The maximum Gasteiger partial charge on any atom is 0.334 e. The fourth-order valence-electron chi connectivity index (χ4n) is 3.78. The smallest absolute Gasteiger partial charge is 0.334 e. The highest BCUT2D eigenvalue weighted by molar-refractivity contribution is 5.98. The monoisotopic (exact) mass is 380 g/mol. The second-order valence-corrected chi connectivity index (χ2v) is 7.79. The molecule has 2 N–H and O–H groups in total. The normalized spacial score (nSPS) is 36.5. The van der Waals surface area contributed by atoms with Crippen LogP contribution in [0.2, 0.25) is 0 Å². The van der Waals surface area contributed by atoms with Gasteiger partial charge in [-0.2, -0.15) is 0 Å². The average molecular weight is 380 g/mol. The van der Waals surface area contributed by atoms with Crippen LogP contribution in [0.15, 0.2) is 24.3 Å². The second-order valence-electron chi connectivity index (χ2n) is 7.79. The number of allylic oxidation sites excluding steroid dienone is 1. The van der Waals surface area contributed by atoms with E-state index in [0.29, 0.717) is 0 Å². The Balaban J connectivity index is 2.54. The minimum Gasteiger partial charge on any atom is -0.455 e. The lowest BCUT2D eigenvalue weighted by molar-refractivity contribution is -0.198. The van der Waals surface area contributed by atoms with Gasteiger partial charge < -0.3 is 19.7 Å². The van der Waals surface area contributed by atoms with E-state index in [1.54, 1.807) is 6.92 Å². The average Bonchev–Trinajstić information content (AvgIpc) is 2.82. The van der Waals surface area contributed by atoms with Crippen LogP contribution < -0.4 is 0 Å². The van der Waals surface area contributed by atoms with Gasteiger partial charge in [0.05, 0.1) is 6.10 Å². The molecule has 0 radical (unpaired) electrons. The van der Waals surface area contributed by atoms with E-state index in [9.17, 15) is 24.6 Å². The van der Waals surface area contributed by atoms with E-state index in [-0.39, 0.29) is 24.3 Å². The zero-order chi connectivity index (χ0) is 20.5. The Kier molecular flexibility index (Phi) is 6.27. The van der Waals surface area contributed by atoms with Crippen LogP contribution in [0.3, 0.4) is 0 Å². The number of ketones is 1. The van der Waals surface area contributed by atoms with E-state index in [1.807, 2.05) is 13.8 Å². The summed E-state index contributed by atoms with van der Waals surface area (Å²) in [6.07, 6.45) is -0.870. The van der Waals surface area contributed by atoms with Gasteiger partial charge in [-0.05, 0) is 25.3 Å². The standard InChI is InChI=1S/C20H28O7/c1-6-7-15(22)20(25)12(5)14(21)9-13-11(4)19(24)27-17(13)18(20)26-16(23)8-10(2)3/h6-7,10,12-14,17-18,21,25H,4,8-9H2,1-3,5H3/b7-6+/t12-,13-,14+,17+,18-,20+/m0/s1. The van der Waals surface area contributed by atoms with Crippen molar-refractivity contribution < 1.29 is 34.1 Å². The number of carbonyl (C=O) groups excluding carboxylic acids is 3. The quantitative estimate of drug-likeness (QED) is 0.547. The molecule has 1 saturated heterocycles. The molecule has 0 spiro atoms. The third kappa shape index (κ3) is 3.84. The van der Waals surface area contributed by atoms with Crippen molar-refractivity contribution in [3.63, 3.8) is 0 Å². The summed E-state index contributed by atoms with van der Waals surface area (Å²) in [4.78, 5) is 37.2. The van der Waals surface area contributed by atoms with Gasteiger partial charge in [-0.25, -0.2) is 4.79 Å². The van der Waals surface area contributed by atoms with E-state index in [4.69, 9.17) is 9.47 Å². The summed E-state index contributed by atoms with van der Waals surface area (Å²) in [5.74, 6) is -3.61. The molecule has 0 unspecified atom stereocenters. The first-order valence-corrected chi connectivity index (χ1v) is 9.20. The molecule has 0 aromatic rings. The van der Waals surface area contributed by atoms with Crippen LogP contribution in [0.1, 0.15) is 40.5 Å². The Morgan fingerprint density at radius 2 is 2.07 bits per heavy atom. The molecule has 7 heteroatoms. The lowest BCUT2D eigenvalue weighted by Crippen LogP contribution is -2.61. The molecular formula is C20H28O7. The van der Waals surface area contributed by atoms with Gasteiger partial charge in [0.1, 0.15) is 6.10 Å². The van der Waals surface area contributed by atoms with Crippen molar-refractivity contribution in [2.45, 2.75) is 64.4 Å². The fraction of sp³-hybridized carbons (Fsp3) is 0.650. The summed E-state index contributed by atoms with van der Waals surface area (Å²) >= 11 is 0. The molecule has 2 rings (SSSR count). The first-order valence-electron chi connectivity index (χ1n) is 9.20. The van der Waals surface area contributed by atoms with Crippen molar-refractivity contribution in [1.29, 1.82) is 0 Å². The predicted molar refractivity (Wildman–Crippen MR) is 96.4 cm³/mol. The van der Waals surface area contributed by atoms with Gasteiger partial charge >= 0.3 is 11.9 Å². The lowest BCUT2D eigenvalue weighted by atomic mass is 9.77. The number of fused-ring (bicyclic) bond motifs is 1. The Labute approximate surface area is 159 Å². The summed E-state index contributed by atoms with van der Waals surface area (Å²) in [7, 11) is 0. The zero-order valence-corrected chi connectivity index (χ0v) is 16.2. The summed E-state index contributed by atoms with van der Waals surface area (Å²) in [6, 6.07) is 0. The predicted octanol–water partition coefficient (Wildman–Crippen LogP) is 1.32. The van der Waals surface area contributed by atoms with Crippen molar-refractivity contribution in [2.24, 2.45) is 17.8 Å². The molecular weight excluding hydrogens is 352 g/mol. The summed E-state index contributed by atoms with van der Waals surface area (Å²) in [5, 5.41) is 22.0. The van der Waals surface area contributed by atoms with E-state index in [1.165, 1.54) is 19.1 Å². The van der Waals surface area contributed by atoms with Gasteiger partial charge in [-0.15, -0.1) is 0 Å². The van der Waals surface area contributed by atoms with Gasteiger partial charge in [-0.1, -0.05) is 33.4 Å². The van der Waals surface area contributed by atoms with Crippen LogP contribution in [0.25, 0.3) is 0 Å². The first kappa shape index (κ1) is 21.3. The van der Waals surface area contributed by atoms with Crippen LogP contribution in [0.4, 0.5) is 0 Å². The van der Waals surface area contributed by atoms with E-state index in [0.717, 1.165) is 0 Å². The molecule has 150 valence electrons. The third-order valence-corrected chi connectivity index (χ3v) is 5.39. The number of hydrogen-bond donors (Lipinski definition) is 2. The maximum atomic E-state index is 12.8. The molecule has 0 aromatic heterocycles. The number of esters is 2. The number of carbonyl (C=O) groups is 3. The zero-order valence-electron chi connectivity index (χ0n) is 16.2. The van der Waals surface area contributed by atoms with Crippen molar-refractivity contribution >= 4 is 17.7 Å². The molecule has 7 nitrogen and oxygen atoms in total. The number of ether oxygens (including phenoxy) is 2. The third-order valence-electron chi connectivity index (χ3n) is 5.39. The highest BCUT2D eigenvalue weighted by Gasteiger charge is 2.62. The Hall–Kier alpha value is -1.99. The van der Waals surface area contributed by atoms with Crippen molar-refractivity contribution in [1.82, 2.24) is 0 Å². The fourth-order valence-corrected chi connectivity index (χ4v) is 3.78. The number of rotatable bonds is 5. The van der Waals surface area contributed by atoms with Gasteiger partial charge in [0.2, 0.25) is 0 Å². The SMILES string of the molecule is C=C1C(=O)O[C@@H]2[C@H]1C[C@@H](O)[C@H](C)[C@@](O)(C(=O)/C=C/C)[C@H]2OC(=O)CC(C)C. The molecule has 6 atom stereocenters. The molecule has 0 aromatic carbocycles. The number of hydrogen-bond acceptors (Lipinski definition) is 7. The van der Waals surface area contributed by atoms with E-state index in [2.05, 4.69) is 6.58 Å². The molecule has 1 saturated carbocycles. The van der Waals surface area contributed by atoms with Crippen molar-refractivity contribution in [2.75, 3.05) is 0 Å². The summed E-state index contributed by atoms with van der Waals surface area (Å²) in [6.45, 7) is 10.5. The van der Waals surface area contributed by atoms with Gasteiger partial charge in [0, 0.05) is 23.8 Å². The molecule has 1 aliphatic heterocycles. The highest BCUT2D eigenvalue weighted by atomic mass is 16.6. The Morgan fingerprint density at radius 1 is 1.44 bits per heavy atom. The summed E-state index contributed by atoms with van der Waals surface area (Å²) < 4.78 is 10.9. The van der Waals surface area contributed by atoms with Crippen LogP contribution in [0.5, 0.6) is 0 Å². The summed E-state index contributed by atoms with van der Waals surface area (Å²) in [5.41, 5.74) is -2.10. The molecule has 27 heavy (non-hydrogen) atoms. The van der Waals surface area contributed by atoms with Crippen LogP contribution in [-0.2, 0) is 23.9 Å². The van der Waals surface area contributed by atoms with Crippen LogP contribution in [-0.4, -0.2) is 51.8 Å². The first-order chi connectivity index (χ1) is 12.5. The van der Waals surface area contributed by atoms with Crippen LogP contribution in [0, 0.1) is 17.8 Å². The molecule has 0 amide bonds. The van der Waals surface area contributed by atoms with Gasteiger partial charge in [-0.3, -0.25) is 9.59 Å². The Bertz CT molecular complexity index is 665. The van der Waals surface area contributed by atoms with Crippen LogP contribution >= 0.6 is 0 Å². The largest absolute Gasteiger partial charge is 0.455 e. The van der Waals surface area contributed by atoms with Gasteiger partial charge in [0.25, 0.3) is 0 Å². The lowest BCUT2D eigenvalue weighted by Gasteiger charge is -2.39. The van der Waals surface area contributed by atoms with E-state index >= 15 is 0 Å². The minimum absolute atomic E-state index is 0.00233. The Morgan fingerprint density at radius 3 is 2.63 bits per heavy atom. The maximum absolute atomic E-state index is 12.8. The van der Waals surface area contributed by atoms with Crippen molar-refractivity contribution in [3.8, 4) is 0 Å². The van der Waals surface area contributed by atoms with E-state index < -0.39 is 53.5 Å². The number of aliphatic hydroxyl groups is 2. The van der Waals surface area contributed by atoms with Gasteiger partial charge in [0.15, 0.2) is 17.5 Å². The molecule has 1 heterocycles. The minimum atomic E-state index is -2.23. The second kappa shape index (κ2) is 7.94. The molecule has 2 aliphatic rings. The molecule has 2 fully saturated rings. The number of aliphatic hydroxyl groups excluding tert-OH is 1. The van der Waals surface area contributed by atoms with Crippen molar-refractivity contribution in [3.05, 3.63) is 24.3 Å². The topological polar surface area (TPSA) is 110 Å². The molecule has 1 aliphatic carbocycles. The molecule has 0 bridgehead atoms.